The minimum absolute atomic E-state index is 0.0528. The van der Waals surface area contributed by atoms with Gasteiger partial charge in [-0.1, -0.05) is 77.1 Å². The van der Waals surface area contributed by atoms with Crippen molar-refractivity contribution in [2.24, 2.45) is 4.99 Å². The highest BCUT2D eigenvalue weighted by molar-refractivity contribution is 7.19. The number of rotatable bonds is 7. The van der Waals surface area contributed by atoms with Crippen LogP contribution in [0.4, 0.5) is 16.7 Å². The number of para-hydroxylation sites is 2. The largest absolute Gasteiger partial charge is 0.496 e. The third-order valence-corrected chi connectivity index (χ3v) is 8.28. The van der Waals surface area contributed by atoms with Crippen molar-refractivity contribution in [2.45, 2.75) is 6.17 Å². The molecule has 0 aliphatic carbocycles. The predicted octanol–water partition coefficient (Wildman–Crippen LogP) is 4.93. The van der Waals surface area contributed by atoms with Crippen molar-refractivity contribution in [1.29, 1.82) is 0 Å². The van der Waals surface area contributed by atoms with E-state index in [1.54, 1.807) is 7.11 Å². The fourth-order valence-corrected chi connectivity index (χ4v) is 6.18. The summed E-state index contributed by atoms with van der Waals surface area (Å²) in [6.07, 6.45) is -1.02. The number of hydrogen-bond acceptors (Lipinski definition) is 11. The van der Waals surface area contributed by atoms with Crippen LogP contribution < -0.4 is 20.3 Å². The summed E-state index contributed by atoms with van der Waals surface area (Å²) in [4.78, 5) is 25.3. The van der Waals surface area contributed by atoms with Crippen LogP contribution in [0.2, 0.25) is 0 Å². The van der Waals surface area contributed by atoms with Crippen molar-refractivity contribution >= 4 is 39.7 Å². The zero-order valence-corrected chi connectivity index (χ0v) is 24.0. The van der Waals surface area contributed by atoms with E-state index in [-0.39, 0.29) is 17.8 Å². The van der Waals surface area contributed by atoms with Gasteiger partial charge in [-0.25, -0.2) is 9.98 Å². The first-order chi connectivity index (χ1) is 21.2. The van der Waals surface area contributed by atoms with Gasteiger partial charge in [0, 0.05) is 24.2 Å². The molecule has 2 N–H and O–H groups in total. The number of hydrogen-bond donors (Lipinski definition) is 2. The van der Waals surface area contributed by atoms with Gasteiger partial charge in [0.25, 0.3) is 11.8 Å². The molecule has 0 radical (unpaired) electrons. The molecule has 2 aliphatic heterocycles. The SMILES string of the molecule is COc1ccccc1-c1nc(-c2nnc(NC3N=C(c4ccccc4)c4ccccc4NC3=O)o2)c(N2CCOCC2)s1. The molecular formula is C31H27N7O4S. The highest BCUT2D eigenvalue weighted by atomic mass is 32.1. The number of methoxy groups -OCH3 is 1. The Bertz CT molecular complexity index is 1800. The molecule has 43 heavy (non-hydrogen) atoms. The monoisotopic (exact) mass is 593 g/mol. The van der Waals surface area contributed by atoms with E-state index in [1.165, 1.54) is 11.3 Å². The van der Waals surface area contributed by atoms with Gasteiger partial charge in [0.15, 0.2) is 5.69 Å². The quantitative estimate of drug-likeness (QED) is 0.270. The highest BCUT2D eigenvalue weighted by Crippen LogP contribution is 2.43. The van der Waals surface area contributed by atoms with Crippen LogP contribution in [0.15, 0.2) is 88.3 Å². The van der Waals surface area contributed by atoms with E-state index in [9.17, 15) is 4.79 Å². The Morgan fingerprint density at radius 1 is 0.953 bits per heavy atom. The van der Waals surface area contributed by atoms with Crippen molar-refractivity contribution < 1.29 is 18.7 Å². The summed E-state index contributed by atoms with van der Waals surface area (Å²) in [5.41, 5.74) is 4.46. The van der Waals surface area contributed by atoms with Crippen LogP contribution in [0.5, 0.6) is 5.75 Å². The Balaban J connectivity index is 1.24. The maximum Gasteiger partial charge on any atom is 0.317 e. The molecule has 1 saturated heterocycles. The number of aliphatic imine (C=N–C) groups is 1. The molecule has 1 unspecified atom stereocenters. The molecule has 0 spiro atoms. The van der Waals surface area contributed by atoms with E-state index < -0.39 is 6.17 Å². The van der Waals surface area contributed by atoms with Crippen molar-refractivity contribution in [2.75, 3.05) is 48.9 Å². The number of morpholine rings is 1. The number of carbonyl (C=O) groups is 1. The van der Waals surface area contributed by atoms with Crippen LogP contribution in [0, 0.1) is 0 Å². The van der Waals surface area contributed by atoms with Gasteiger partial charge >= 0.3 is 6.01 Å². The van der Waals surface area contributed by atoms with Crippen LogP contribution in [0.25, 0.3) is 22.2 Å². The second-order valence-electron chi connectivity index (χ2n) is 9.81. The lowest BCUT2D eigenvalue weighted by molar-refractivity contribution is -0.116. The summed E-state index contributed by atoms with van der Waals surface area (Å²) >= 11 is 1.53. The summed E-state index contributed by atoms with van der Waals surface area (Å²) in [5.74, 6) is 0.599. The Kier molecular flexibility index (Phi) is 7.27. The Labute approximate surface area is 251 Å². The lowest BCUT2D eigenvalue weighted by Gasteiger charge is -2.27. The molecule has 4 heterocycles. The predicted molar refractivity (Wildman–Crippen MR) is 165 cm³/mol. The zero-order valence-electron chi connectivity index (χ0n) is 23.2. The van der Waals surface area contributed by atoms with Gasteiger partial charge in [-0.2, -0.15) is 0 Å². The zero-order chi connectivity index (χ0) is 29.2. The number of ether oxygens (including phenoxy) is 2. The number of fused-ring (bicyclic) bond motifs is 1. The molecule has 0 bridgehead atoms. The molecule has 1 atom stereocenters. The minimum atomic E-state index is -1.02. The van der Waals surface area contributed by atoms with Gasteiger partial charge in [0.05, 0.1) is 37.3 Å². The standard InChI is InChI=1S/C31H27N7O4S/c1-40-23-14-8-6-12-21(23)29-34-25(30(43-29)38-15-17-41-18-16-38)28-36-37-31(42-28)35-26-27(39)32-22-13-7-5-11-20(22)24(33-26)19-9-3-2-4-10-19/h2-14,26H,15-18H2,1H3,(H,32,39)(H,35,37). The average Bonchev–Trinajstić information content (AvgIpc) is 3.69. The number of carbonyl (C=O) groups excluding carboxylic acids is 1. The average molecular weight is 594 g/mol. The molecule has 11 nitrogen and oxygen atoms in total. The van der Waals surface area contributed by atoms with E-state index in [2.05, 4.69) is 25.7 Å². The molecular weight excluding hydrogens is 566 g/mol. The summed E-state index contributed by atoms with van der Waals surface area (Å²) in [6.45, 7) is 2.64. The highest BCUT2D eigenvalue weighted by Gasteiger charge is 2.29. The summed E-state index contributed by atoms with van der Waals surface area (Å²) < 4.78 is 17.3. The molecule has 3 aromatic carbocycles. The first kappa shape index (κ1) is 26.8. The smallest absolute Gasteiger partial charge is 0.317 e. The lowest BCUT2D eigenvalue weighted by Crippen LogP contribution is -2.35. The number of anilines is 3. The maximum absolute atomic E-state index is 13.3. The van der Waals surface area contributed by atoms with Gasteiger partial charge in [0.1, 0.15) is 15.8 Å². The molecule has 5 aromatic rings. The lowest BCUT2D eigenvalue weighted by atomic mass is 10.0. The van der Waals surface area contributed by atoms with Crippen LogP contribution in [0.1, 0.15) is 11.1 Å². The molecule has 0 saturated carbocycles. The van der Waals surface area contributed by atoms with Crippen molar-refractivity contribution in [3.8, 4) is 27.9 Å². The summed E-state index contributed by atoms with van der Waals surface area (Å²) in [5, 5.41) is 16.2. The number of nitrogens with zero attached hydrogens (tertiary/aromatic N) is 5. The Morgan fingerprint density at radius 3 is 2.51 bits per heavy atom. The normalized spacial score (nSPS) is 16.6. The van der Waals surface area contributed by atoms with Crippen molar-refractivity contribution in [3.05, 3.63) is 90.0 Å². The summed E-state index contributed by atoms with van der Waals surface area (Å²) in [7, 11) is 1.64. The third kappa shape index (κ3) is 5.33. The van der Waals surface area contributed by atoms with Crippen LogP contribution in [-0.2, 0) is 9.53 Å². The van der Waals surface area contributed by atoms with Crippen LogP contribution in [-0.4, -0.2) is 66.4 Å². The molecule has 216 valence electrons. The number of benzodiazepines with no additional fused rings is 1. The molecule has 1 amide bonds. The van der Waals surface area contributed by atoms with Crippen LogP contribution in [0.3, 0.4) is 0 Å². The van der Waals surface area contributed by atoms with E-state index in [0.717, 1.165) is 32.4 Å². The first-order valence-electron chi connectivity index (χ1n) is 13.8. The fourth-order valence-electron chi connectivity index (χ4n) is 5.04. The van der Waals surface area contributed by atoms with E-state index >= 15 is 0 Å². The third-order valence-electron chi connectivity index (χ3n) is 7.13. The van der Waals surface area contributed by atoms with Gasteiger partial charge in [-0.3, -0.25) is 4.79 Å². The van der Waals surface area contributed by atoms with E-state index in [0.29, 0.717) is 43.4 Å². The maximum atomic E-state index is 13.3. The van der Waals surface area contributed by atoms with Gasteiger partial charge in [0.2, 0.25) is 6.17 Å². The Morgan fingerprint density at radius 2 is 1.70 bits per heavy atom. The molecule has 2 aliphatic rings. The first-order valence-corrected chi connectivity index (χ1v) is 14.6. The molecule has 12 heteroatoms. The van der Waals surface area contributed by atoms with E-state index in [4.69, 9.17) is 23.9 Å². The minimum Gasteiger partial charge on any atom is -0.496 e. The van der Waals surface area contributed by atoms with Gasteiger partial charge < -0.3 is 29.4 Å². The Hall–Kier alpha value is -5.07. The van der Waals surface area contributed by atoms with Crippen LogP contribution >= 0.6 is 11.3 Å². The van der Waals surface area contributed by atoms with Crippen molar-refractivity contribution in [1.82, 2.24) is 15.2 Å². The molecule has 1 fully saturated rings. The molecule has 7 rings (SSSR count). The second-order valence-corrected chi connectivity index (χ2v) is 10.8. The van der Waals surface area contributed by atoms with Crippen molar-refractivity contribution in [3.63, 3.8) is 0 Å². The van der Waals surface area contributed by atoms with Gasteiger partial charge in [-0.15, -0.1) is 5.10 Å². The number of nitrogens with one attached hydrogen (secondary N) is 2. The van der Waals surface area contributed by atoms with E-state index in [1.807, 2.05) is 78.9 Å². The second kappa shape index (κ2) is 11.7. The molecule has 2 aromatic heterocycles. The van der Waals surface area contributed by atoms with Gasteiger partial charge in [-0.05, 0) is 18.2 Å². The summed E-state index contributed by atoms with van der Waals surface area (Å²) in [6, 6.07) is 25.1. The fraction of sp³-hybridized carbons (Fsp3) is 0.194. The topological polar surface area (TPSA) is 127 Å². The number of benzene rings is 3. The number of thiazole rings is 1. The number of amides is 1. The number of aromatic nitrogens is 3.